The van der Waals surface area contributed by atoms with E-state index in [1.165, 1.54) is 0 Å². The summed E-state index contributed by atoms with van der Waals surface area (Å²) in [7, 11) is 0. The zero-order valence-corrected chi connectivity index (χ0v) is 9.90. The highest BCUT2D eigenvalue weighted by Crippen LogP contribution is 2.18. The Kier molecular flexibility index (Phi) is 2.73. The Balaban J connectivity index is 2.05. The molecule has 2 heterocycles. The molecule has 2 aromatic rings. The molecule has 0 amide bonds. The Hall–Kier alpha value is -1.36. The molecule has 0 aliphatic heterocycles. The van der Waals surface area contributed by atoms with Crippen LogP contribution in [-0.4, -0.2) is 15.2 Å². The van der Waals surface area contributed by atoms with Gasteiger partial charge in [-0.2, -0.15) is 5.10 Å². The SMILES string of the molecule is Cc1csc(CNc2c(C)n[nH]c2C)n1. The number of anilines is 1. The Morgan fingerprint density at radius 2 is 2.20 bits per heavy atom. The lowest BCUT2D eigenvalue weighted by molar-refractivity contribution is 1.02. The molecule has 0 aliphatic carbocycles. The second kappa shape index (κ2) is 4.02. The van der Waals surface area contributed by atoms with Gasteiger partial charge in [0.1, 0.15) is 5.01 Å². The van der Waals surface area contributed by atoms with Crippen molar-refractivity contribution in [1.29, 1.82) is 0 Å². The lowest BCUT2D eigenvalue weighted by atomic mass is 10.3. The number of nitrogens with zero attached hydrogens (tertiary/aromatic N) is 2. The van der Waals surface area contributed by atoms with Gasteiger partial charge in [0.2, 0.25) is 0 Å². The maximum absolute atomic E-state index is 4.39. The Morgan fingerprint density at radius 3 is 2.73 bits per heavy atom. The summed E-state index contributed by atoms with van der Waals surface area (Å²) >= 11 is 1.68. The number of hydrogen-bond acceptors (Lipinski definition) is 4. The van der Waals surface area contributed by atoms with Crippen LogP contribution in [0.25, 0.3) is 0 Å². The van der Waals surface area contributed by atoms with Gasteiger partial charge in [0, 0.05) is 11.1 Å². The van der Waals surface area contributed by atoms with Gasteiger partial charge < -0.3 is 5.32 Å². The van der Waals surface area contributed by atoms with E-state index in [0.717, 1.165) is 34.3 Å². The minimum atomic E-state index is 0.764. The maximum Gasteiger partial charge on any atom is 0.112 e. The van der Waals surface area contributed by atoms with E-state index in [-0.39, 0.29) is 0 Å². The molecule has 0 saturated carbocycles. The summed E-state index contributed by atoms with van der Waals surface area (Å²) in [5.41, 5.74) is 4.24. The molecule has 0 unspecified atom stereocenters. The molecule has 15 heavy (non-hydrogen) atoms. The summed E-state index contributed by atoms with van der Waals surface area (Å²) in [6.45, 7) is 6.77. The highest BCUT2D eigenvalue weighted by molar-refractivity contribution is 7.09. The average molecular weight is 222 g/mol. The number of aromatic nitrogens is 3. The number of H-pyrrole nitrogens is 1. The number of aryl methyl sites for hydroxylation is 3. The molecule has 2 rings (SSSR count). The van der Waals surface area contributed by atoms with E-state index in [9.17, 15) is 0 Å². The number of rotatable bonds is 3. The third kappa shape index (κ3) is 2.18. The fourth-order valence-corrected chi connectivity index (χ4v) is 2.17. The summed E-state index contributed by atoms with van der Waals surface area (Å²) < 4.78 is 0. The highest BCUT2D eigenvalue weighted by atomic mass is 32.1. The highest BCUT2D eigenvalue weighted by Gasteiger charge is 2.06. The lowest BCUT2D eigenvalue weighted by Crippen LogP contribution is -2.00. The summed E-state index contributed by atoms with van der Waals surface area (Å²) in [5.74, 6) is 0. The van der Waals surface area contributed by atoms with Crippen LogP contribution in [0.4, 0.5) is 5.69 Å². The number of hydrogen-bond donors (Lipinski definition) is 2. The van der Waals surface area contributed by atoms with Gasteiger partial charge >= 0.3 is 0 Å². The van der Waals surface area contributed by atoms with E-state index in [1.807, 2.05) is 20.8 Å². The average Bonchev–Trinajstić information content (AvgIpc) is 2.73. The van der Waals surface area contributed by atoms with Gasteiger partial charge in [0.25, 0.3) is 0 Å². The second-order valence-corrected chi connectivity index (χ2v) is 4.49. The molecule has 0 fully saturated rings. The molecule has 0 saturated heterocycles. The van der Waals surface area contributed by atoms with Crippen molar-refractivity contribution >= 4 is 17.0 Å². The number of nitrogens with one attached hydrogen (secondary N) is 2. The molecular weight excluding hydrogens is 208 g/mol. The number of aromatic amines is 1. The van der Waals surface area contributed by atoms with Crippen LogP contribution >= 0.6 is 11.3 Å². The minimum Gasteiger partial charge on any atom is -0.376 e. The molecule has 2 aromatic heterocycles. The van der Waals surface area contributed by atoms with Crippen LogP contribution in [0.1, 0.15) is 22.1 Å². The van der Waals surface area contributed by atoms with Crippen molar-refractivity contribution in [3.8, 4) is 0 Å². The monoisotopic (exact) mass is 222 g/mol. The zero-order chi connectivity index (χ0) is 10.8. The van der Waals surface area contributed by atoms with Gasteiger partial charge in [-0.25, -0.2) is 4.98 Å². The molecule has 0 spiro atoms. The molecule has 0 radical (unpaired) electrons. The van der Waals surface area contributed by atoms with E-state index in [2.05, 4.69) is 25.9 Å². The molecule has 4 nitrogen and oxygen atoms in total. The van der Waals surface area contributed by atoms with Gasteiger partial charge in [0.15, 0.2) is 0 Å². The first kappa shape index (κ1) is 10.2. The van der Waals surface area contributed by atoms with Crippen LogP contribution in [0.5, 0.6) is 0 Å². The van der Waals surface area contributed by atoms with Crippen LogP contribution in [0.2, 0.25) is 0 Å². The fraction of sp³-hybridized carbons (Fsp3) is 0.400. The molecule has 0 atom stereocenters. The van der Waals surface area contributed by atoms with Crippen molar-refractivity contribution in [3.05, 3.63) is 27.5 Å². The first-order valence-corrected chi connectivity index (χ1v) is 5.71. The zero-order valence-electron chi connectivity index (χ0n) is 9.09. The van der Waals surface area contributed by atoms with Crippen molar-refractivity contribution in [2.75, 3.05) is 5.32 Å². The van der Waals surface area contributed by atoms with Crippen molar-refractivity contribution in [2.24, 2.45) is 0 Å². The van der Waals surface area contributed by atoms with Crippen LogP contribution in [0, 0.1) is 20.8 Å². The van der Waals surface area contributed by atoms with Gasteiger partial charge in [0.05, 0.1) is 23.6 Å². The van der Waals surface area contributed by atoms with Crippen LogP contribution in [-0.2, 0) is 6.54 Å². The Bertz CT molecular complexity index is 438. The first-order chi connectivity index (χ1) is 7.16. The number of thiazole rings is 1. The van der Waals surface area contributed by atoms with Gasteiger partial charge in [-0.3, -0.25) is 5.10 Å². The largest absolute Gasteiger partial charge is 0.376 e. The smallest absolute Gasteiger partial charge is 0.112 e. The van der Waals surface area contributed by atoms with E-state index in [1.54, 1.807) is 11.3 Å². The Labute approximate surface area is 92.8 Å². The topological polar surface area (TPSA) is 53.6 Å². The fourth-order valence-electron chi connectivity index (χ4n) is 1.46. The third-order valence-corrected chi connectivity index (χ3v) is 3.18. The van der Waals surface area contributed by atoms with Crippen molar-refractivity contribution in [1.82, 2.24) is 15.2 Å². The summed E-state index contributed by atoms with van der Waals surface area (Å²) in [5, 5.41) is 13.6. The summed E-state index contributed by atoms with van der Waals surface area (Å²) in [4.78, 5) is 4.39. The van der Waals surface area contributed by atoms with E-state index in [0.29, 0.717) is 0 Å². The van der Waals surface area contributed by atoms with Gasteiger partial charge in [-0.15, -0.1) is 11.3 Å². The standard InChI is InChI=1S/C10H14N4S/c1-6-5-15-9(12-6)4-11-10-7(2)13-14-8(10)3/h5,11H,4H2,1-3H3,(H,13,14). The summed E-state index contributed by atoms with van der Waals surface area (Å²) in [6, 6.07) is 0. The van der Waals surface area contributed by atoms with E-state index in [4.69, 9.17) is 0 Å². The Morgan fingerprint density at radius 1 is 1.40 bits per heavy atom. The maximum atomic E-state index is 4.39. The predicted molar refractivity (Wildman–Crippen MR) is 62.2 cm³/mol. The van der Waals surface area contributed by atoms with Crippen LogP contribution in [0.3, 0.4) is 0 Å². The third-order valence-electron chi connectivity index (χ3n) is 2.21. The van der Waals surface area contributed by atoms with Crippen molar-refractivity contribution < 1.29 is 0 Å². The van der Waals surface area contributed by atoms with Gasteiger partial charge in [-0.1, -0.05) is 0 Å². The lowest BCUT2D eigenvalue weighted by Gasteiger charge is -2.03. The minimum absolute atomic E-state index is 0.764. The van der Waals surface area contributed by atoms with E-state index < -0.39 is 0 Å². The second-order valence-electron chi connectivity index (χ2n) is 3.55. The van der Waals surface area contributed by atoms with Crippen LogP contribution in [0.15, 0.2) is 5.38 Å². The summed E-state index contributed by atoms with van der Waals surface area (Å²) in [6.07, 6.45) is 0. The first-order valence-electron chi connectivity index (χ1n) is 4.83. The van der Waals surface area contributed by atoms with E-state index >= 15 is 0 Å². The van der Waals surface area contributed by atoms with Crippen molar-refractivity contribution in [3.63, 3.8) is 0 Å². The van der Waals surface area contributed by atoms with Crippen LogP contribution < -0.4 is 5.32 Å². The molecule has 2 N–H and O–H groups in total. The predicted octanol–water partition coefficient (Wildman–Crippen LogP) is 2.40. The molecule has 0 bridgehead atoms. The van der Waals surface area contributed by atoms with Crippen molar-refractivity contribution in [2.45, 2.75) is 27.3 Å². The molecule has 80 valence electrons. The molecule has 5 heteroatoms. The molecule has 0 aromatic carbocycles. The molecule has 0 aliphatic rings. The normalized spacial score (nSPS) is 10.6. The quantitative estimate of drug-likeness (QED) is 0.838. The van der Waals surface area contributed by atoms with Gasteiger partial charge in [-0.05, 0) is 20.8 Å². The molecular formula is C10H14N4S.